The second-order valence-corrected chi connectivity index (χ2v) is 4.86. The van der Waals surface area contributed by atoms with Crippen LogP contribution in [0.5, 0.6) is 0 Å². The largest absolute Gasteiger partial charge is 0.392 e. The van der Waals surface area contributed by atoms with E-state index < -0.39 is 6.10 Å². The fraction of sp³-hybridized carbons (Fsp3) is 0.333. The van der Waals surface area contributed by atoms with Crippen molar-refractivity contribution in [3.8, 4) is 0 Å². The number of fused-ring (bicyclic) bond motifs is 1. The Morgan fingerprint density at radius 3 is 2.90 bits per heavy atom. The van der Waals surface area contributed by atoms with Crippen molar-refractivity contribution in [2.24, 2.45) is 0 Å². The van der Waals surface area contributed by atoms with Crippen LogP contribution in [-0.2, 0) is 11.2 Å². The smallest absolute Gasteiger partial charge is 0.251 e. The number of para-hydroxylation sites is 1. The van der Waals surface area contributed by atoms with Crippen LogP contribution in [-0.4, -0.2) is 28.6 Å². The molecule has 106 valence electrons. The second-order valence-electron chi connectivity index (χ2n) is 4.86. The quantitative estimate of drug-likeness (QED) is 0.759. The van der Waals surface area contributed by atoms with E-state index in [9.17, 15) is 9.59 Å². The SMILES string of the molecule is CC(O)CNC(=O)CCc1cc2ccccc2[nH]c1=O. The molecule has 1 heterocycles. The van der Waals surface area contributed by atoms with Gasteiger partial charge in [0, 0.05) is 24.0 Å². The highest BCUT2D eigenvalue weighted by atomic mass is 16.3. The molecule has 1 unspecified atom stereocenters. The summed E-state index contributed by atoms with van der Waals surface area (Å²) in [5.41, 5.74) is 1.22. The van der Waals surface area contributed by atoms with Crippen LogP contribution >= 0.6 is 0 Å². The van der Waals surface area contributed by atoms with Crippen molar-refractivity contribution < 1.29 is 9.90 Å². The number of aliphatic hydroxyl groups is 1. The zero-order valence-electron chi connectivity index (χ0n) is 11.3. The minimum absolute atomic E-state index is 0.160. The van der Waals surface area contributed by atoms with Gasteiger partial charge < -0.3 is 15.4 Å². The van der Waals surface area contributed by atoms with Crippen molar-refractivity contribution in [2.45, 2.75) is 25.9 Å². The van der Waals surface area contributed by atoms with Gasteiger partial charge in [0.1, 0.15) is 0 Å². The molecule has 0 aliphatic heterocycles. The topological polar surface area (TPSA) is 82.2 Å². The van der Waals surface area contributed by atoms with E-state index in [2.05, 4.69) is 10.3 Å². The number of benzene rings is 1. The van der Waals surface area contributed by atoms with Crippen molar-refractivity contribution in [3.05, 3.63) is 46.2 Å². The molecule has 1 aromatic carbocycles. The van der Waals surface area contributed by atoms with Gasteiger partial charge in [0.25, 0.3) is 5.56 Å². The number of aromatic amines is 1. The number of carbonyl (C=O) groups is 1. The number of aryl methyl sites for hydroxylation is 1. The summed E-state index contributed by atoms with van der Waals surface area (Å²) in [7, 11) is 0. The van der Waals surface area contributed by atoms with Crippen molar-refractivity contribution in [2.75, 3.05) is 6.54 Å². The molecule has 0 aliphatic carbocycles. The third-order valence-electron chi connectivity index (χ3n) is 3.05. The van der Waals surface area contributed by atoms with Crippen LogP contribution in [0.1, 0.15) is 18.9 Å². The Labute approximate surface area is 116 Å². The van der Waals surface area contributed by atoms with Crippen molar-refractivity contribution >= 4 is 16.8 Å². The Kier molecular flexibility index (Phi) is 4.53. The molecule has 0 saturated heterocycles. The zero-order chi connectivity index (χ0) is 14.5. The molecule has 0 saturated carbocycles. The number of pyridine rings is 1. The molecule has 1 aromatic heterocycles. The Morgan fingerprint density at radius 2 is 2.15 bits per heavy atom. The summed E-state index contributed by atoms with van der Waals surface area (Å²) in [4.78, 5) is 26.3. The summed E-state index contributed by atoms with van der Waals surface area (Å²) in [6, 6.07) is 9.34. The van der Waals surface area contributed by atoms with Crippen LogP contribution in [0.2, 0.25) is 0 Å². The van der Waals surface area contributed by atoms with E-state index in [4.69, 9.17) is 5.11 Å². The monoisotopic (exact) mass is 274 g/mol. The normalized spacial score (nSPS) is 12.3. The van der Waals surface area contributed by atoms with E-state index in [1.807, 2.05) is 30.3 Å². The first-order chi connectivity index (χ1) is 9.56. The van der Waals surface area contributed by atoms with E-state index >= 15 is 0 Å². The lowest BCUT2D eigenvalue weighted by atomic mass is 10.1. The van der Waals surface area contributed by atoms with E-state index in [1.54, 1.807) is 6.92 Å². The molecule has 1 amide bonds. The third-order valence-corrected chi connectivity index (χ3v) is 3.05. The van der Waals surface area contributed by atoms with Crippen LogP contribution < -0.4 is 10.9 Å². The summed E-state index contributed by atoms with van der Waals surface area (Å²) in [5.74, 6) is -0.168. The minimum Gasteiger partial charge on any atom is -0.392 e. The van der Waals surface area contributed by atoms with Crippen molar-refractivity contribution in [1.29, 1.82) is 0 Å². The maximum Gasteiger partial charge on any atom is 0.251 e. The highest BCUT2D eigenvalue weighted by molar-refractivity contribution is 5.79. The molecule has 0 spiro atoms. The molecule has 5 nitrogen and oxygen atoms in total. The summed E-state index contributed by atoms with van der Waals surface area (Å²) in [5, 5.41) is 12.6. The molecule has 2 rings (SSSR count). The molecular formula is C15H18N2O3. The van der Waals surface area contributed by atoms with Gasteiger partial charge in [-0.15, -0.1) is 0 Å². The standard InChI is InChI=1S/C15H18N2O3/c1-10(18)9-16-14(19)7-6-12-8-11-4-2-3-5-13(11)17-15(12)20/h2-5,8,10,18H,6-7,9H2,1H3,(H,16,19)(H,17,20). The van der Waals surface area contributed by atoms with Crippen LogP contribution in [0, 0.1) is 0 Å². The number of rotatable bonds is 5. The maximum atomic E-state index is 11.9. The highest BCUT2D eigenvalue weighted by Crippen LogP contribution is 2.10. The summed E-state index contributed by atoms with van der Waals surface area (Å²) < 4.78 is 0. The lowest BCUT2D eigenvalue weighted by molar-refractivity contribution is -0.121. The van der Waals surface area contributed by atoms with Gasteiger partial charge in [-0.3, -0.25) is 9.59 Å². The first-order valence-corrected chi connectivity index (χ1v) is 6.62. The van der Waals surface area contributed by atoms with Crippen LogP contribution in [0.4, 0.5) is 0 Å². The summed E-state index contributed by atoms with van der Waals surface area (Å²) >= 11 is 0. The van der Waals surface area contributed by atoms with Gasteiger partial charge in [-0.25, -0.2) is 0 Å². The average Bonchev–Trinajstić information content (AvgIpc) is 2.42. The summed E-state index contributed by atoms with van der Waals surface area (Å²) in [6.45, 7) is 1.83. The number of nitrogens with one attached hydrogen (secondary N) is 2. The molecule has 2 aromatic rings. The predicted octanol–water partition coefficient (Wildman–Crippen LogP) is 0.958. The van der Waals surface area contributed by atoms with Gasteiger partial charge in [0.2, 0.25) is 5.91 Å². The van der Waals surface area contributed by atoms with E-state index in [0.717, 1.165) is 10.9 Å². The molecule has 0 fully saturated rings. The first-order valence-electron chi connectivity index (χ1n) is 6.62. The number of aliphatic hydroxyl groups excluding tert-OH is 1. The zero-order valence-corrected chi connectivity index (χ0v) is 11.3. The van der Waals surface area contributed by atoms with Gasteiger partial charge in [-0.1, -0.05) is 18.2 Å². The van der Waals surface area contributed by atoms with Gasteiger partial charge in [0.05, 0.1) is 6.10 Å². The number of hydrogen-bond donors (Lipinski definition) is 3. The second kappa shape index (κ2) is 6.34. The van der Waals surface area contributed by atoms with E-state index in [-0.39, 0.29) is 24.4 Å². The average molecular weight is 274 g/mol. The molecule has 5 heteroatoms. The Bertz CT molecular complexity index is 661. The maximum absolute atomic E-state index is 11.9. The molecule has 3 N–H and O–H groups in total. The molecule has 1 atom stereocenters. The number of amides is 1. The van der Waals surface area contributed by atoms with Gasteiger partial charge in [-0.2, -0.15) is 0 Å². The Balaban J connectivity index is 2.04. The molecular weight excluding hydrogens is 256 g/mol. The number of carbonyl (C=O) groups excluding carboxylic acids is 1. The van der Waals surface area contributed by atoms with E-state index in [0.29, 0.717) is 12.0 Å². The molecule has 0 bridgehead atoms. The van der Waals surface area contributed by atoms with E-state index in [1.165, 1.54) is 0 Å². The molecule has 0 aliphatic rings. The molecule has 0 radical (unpaired) electrons. The van der Waals surface area contributed by atoms with Crippen LogP contribution in [0.15, 0.2) is 35.1 Å². The lowest BCUT2D eigenvalue weighted by Gasteiger charge is -2.07. The third kappa shape index (κ3) is 3.68. The van der Waals surface area contributed by atoms with Crippen molar-refractivity contribution in [1.82, 2.24) is 10.3 Å². The molecule has 20 heavy (non-hydrogen) atoms. The first kappa shape index (κ1) is 14.3. The lowest BCUT2D eigenvalue weighted by Crippen LogP contribution is -2.31. The predicted molar refractivity (Wildman–Crippen MR) is 77.6 cm³/mol. The van der Waals surface area contributed by atoms with Gasteiger partial charge in [-0.05, 0) is 30.9 Å². The number of H-pyrrole nitrogens is 1. The van der Waals surface area contributed by atoms with Crippen molar-refractivity contribution in [3.63, 3.8) is 0 Å². The summed E-state index contributed by atoms with van der Waals surface area (Å²) in [6.07, 6.45) is 0.0444. The van der Waals surface area contributed by atoms with Gasteiger partial charge >= 0.3 is 0 Å². The highest BCUT2D eigenvalue weighted by Gasteiger charge is 2.07. The number of aromatic nitrogens is 1. The fourth-order valence-corrected chi connectivity index (χ4v) is 1.98. The Morgan fingerprint density at radius 1 is 1.40 bits per heavy atom. The fourth-order valence-electron chi connectivity index (χ4n) is 1.98. The van der Waals surface area contributed by atoms with Crippen LogP contribution in [0.25, 0.3) is 10.9 Å². The van der Waals surface area contributed by atoms with Gasteiger partial charge in [0.15, 0.2) is 0 Å². The minimum atomic E-state index is -0.567. The number of hydrogen-bond acceptors (Lipinski definition) is 3. The van der Waals surface area contributed by atoms with Crippen LogP contribution in [0.3, 0.4) is 0 Å². The Hall–Kier alpha value is -2.14.